The largest absolute Gasteiger partial charge is 0.491 e. The highest BCUT2D eigenvalue weighted by atomic mass is 16.5. The van der Waals surface area contributed by atoms with E-state index in [0.717, 1.165) is 66.5 Å². The van der Waals surface area contributed by atoms with E-state index in [9.17, 15) is 4.79 Å². The van der Waals surface area contributed by atoms with E-state index in [4.69, 9.17) is 24.5 Å². The van der Waals surface area contributed by atoms with Crippen molar-refractivity contribution in [3.63, 3.8) is 0 Å². The van der Waals surface area contributed by atoms with Gasteiger partial charge in [-0.05, 0) is 76.4 Å². The van der Waals surface area contributed by atoms with Crippen molar-refractivity contribution >= 4 is 29.9 Å². The molecule has 55 heavy (non-hydrogen) atoms. The molecule has 4 aromatic heterocycles. The minimum Gasteiger partial charge on any atom is -0.491 e. The molecule has 1 aromatic carbocycles. The number of nitrogens with zero attached hydrogens (tertiary/aromatic N) is 8. The number of anilines is 2. The number of carbonyl (C=O) groups excluding carboxylic acids is 1. The molecule has 2 aliphatic rings. The minimum absolute atomic E-state index is 0.168. The van der Waals surface area contributed by atoms with Gasteiger partial charge in [-0.25, -0.2) is 9.48 Å². The van der Waals surface area contributed by atoms with Gasteiger partial charge < -0.3 is 29.7 Å². The van der Waals surface area contributed by atoms with Crippen molar-refractivity contribution in [2.24, 2.45) is 0 Å². The number of benzene rings is 1. The monoisotopic (exact) mass is 752 g/mol. The molecule has 2 amide bonds. The van der Waals surface area contributed by atoms with E-state index in [2.05, 4.69) is 75.4 Å². The number of carboxylic acid groups (broad SMARTS) is 1. The highest BCUT2D eigenvalue weighted by Gasteiger charge is 2.31. The molecule has 0 saturated carbocycles. The lowest BCUT2D eigenvalue weighted by Gasteiger charge is -2.33. The molecule has 7 rings (SSSR count). The molecule has 1 saturated heterocycles. The van der Waals surface area contributed by atoms with E-state index >= 15 is 0 Å². The van der Waals surface area contributed by atoms with Crippen molar-refractivity contribution in [2.45, 2.75) is 83.4 Å². The summed E-state index contributed by atoms with van der Waals surface area (Å²) in [5.41, 5.74) is 4.19. The Morgan fingerprint density at radius 2 is 1.80 bits per heavy atom. The molecule has 5 heterocycles. The normalized spacial score (nSPS) is 18.2. The maximum absolute atomic E-state index is 13.7. The molecule has 3 atom stereocenters. The molecular formula is C40H52N10O5. The summed E-state index contributed by atoms with van der Waals surface area (Å²) in [6, 6.07) is 15.8. The van der Waals surface area contributed by atoms with E-state index in [0.29, 0.717) is 36.3 Å². The standard InChI is InChI=1S/C39H50N10O3.CH2O2/c1-26-11-9-10-18-47(26)38-44-43-35-17-14-28(25-48(35)38)52-33-16-15-32(30-12-7-8-13-31(30)33)41-37(50)42-36-22-34(39(2,3)4)45-49(36)27-21-29(24-40-23-27)51-20-19-46(5)6;2-1-3/h7-8,12-14,17,21-26,32-33H,9-11,15-16,18-20H2,1-6H3,(H2,41,42,50);1H,(H,2,3). The van der Waals surface area contributed by atoms with Crippen molar-refractivity contribution in [1.82, 2.24) is 39.6 Å². The van der Waals surface area contributed by atoms with Crippen LogP contribution in [-0.2, 0) is 10.2 Å². The molecule has 3 N–H and O–H groups in total. The van der Waals surface area contributed by atoms with Gasteiger partial charge in [-0.15, -0.1) is 10.2 Å². The minimum atomic E-state index is -0.315. The van der Waals surface area contributed by atoms with E-state index < -0.39 is 0 Å². The van der Waals surface area contributed by atoms with Crippen molar-refractivity contribution in [3.8, 4) is 17.2 Å². The first kappa shape index (κ1) is 39.0. The average Bonchev–Trinajstić information content (AvgIpc) is 3.78. The lowest BCUT2D eigenvalue weighted by atomic mass is 9.85. The Morgan fingerprint density at radius 3 is 2.55 bits per heavy atom. The second kappa shape index (κ2) is 17.2. The topological polar surface area (TPSA) is 164 Å². The van der Waals surface area contributed by atoms with Crippen LogP contribution in [0.1, 0.15) is 88.8 Å². The number of aromatic nitrogens is 6. The number of ether oxygens (including phenoxy) is 2. The summed E-state index contributed by atoms with van der Waals surface area (Å²) in [5, 5.41) is 27.1. The molecule has 1 aliphatic heterocycles. The van der Waals surface area contributed by atoms with Crippen LogP contribution in [0.3, 0.4) is 0 Å². The summed E-state index contributed by atoms with van der Waals surface area (Å²) >= 11 is 0. The second-order valence-electron chi connectivity index (χ2n) is 15.3. The number of rotatable bonds is 10. The van der Waals surface area contributed by atoms with Crippen molar-refractivity contribution in [3.05, 3.63) is 83.9 Å². The first-order chi connectivity index (χ1) is 26.4. The maximum Gasteiger partial charge on any atom is 0.320 e. The fourth-order valence-corrected chi connectivity index (χ4v) is 7.00. The van der Waals surface area contributed by atoms with Crippen molar-refractivity contribution in [1.29, 1.82) is 0 Å². The Kier molecular flexibility index (Phi) is 12.2. The smallest absolute Gasteiger partial charge is 0.320 e. The van der Waals surface area contributed by atoms with Gasteiger partial charge >= 0.3 is 6.03 Å². The highest BCUT2D eigenvalue weighted by Crippen LogP contribution is 2.39. The fraction of sp³-hybridized carbons (Fsp3) is 0.450. The van der Waals surface area contributed by atoms with Crippen LogP contribution < -0.4 is 25.0 Å². The zero-order valence-electron chi connectivity index (χ0n) is 32.5. The first-order valence-corrected chi connectivity index (χ1v) is 18.8. The van der Waals surface area contributed by atoms with E-state index in [-0.39, 0.29) is 30.1 Å². The zero-order chi connectivity index (χ0) is 39.1. The number of hydrogen-bond acceptors (Lipinski definition) is 10. The molecule has 0 spiro atoms. The number of fused-ring (bicyclic) bond motifs is 2. The molecule has 3 unspecified atom stereocenters. The van der Waals surface area contributed by atoms with Gasteiger partial charge in [0.1, 0.15) is 30.0 Å². The van der Waals surface area contributed by atoms with Gasteiger partial charge in [-0.3, -0.25) is 19.5 Å². The Labute approximate surface area is 321 Å². The van der Waals surface area contributed by atoms with Crippen LogP contribution in [0.15, 0.2) is 67.1 Å². The quantitative estimate of drug-likeness (QED) is 0.135. The summed E-state index contributed by atoms with van der Waals surface area (Å²) in [5.74, 6) is 2.80. The second-order valence-corrected chi connectivity index (χ2v) is 15.3. The SMILES string of the molecule is CC1CCCCN1c1nnc2ccc(OC3CCC(NC(=O)Nc4cc(C(C)(C)C)nn4-c4cncc(OCCN(C)C)c4)c4ccccc43)cn12.O=CO. The summed E-state index contributed by atoms with van der Waals surface area (Å²) in [6.07, 6.45) is 10.2. The number of pyridine rings is 2. The van der Waals surface area contributed by atoms with Gasteiger partial charge in [-0.1, -0.05) is 45.0 Å². The van der Waals surface area contributed by atoms with Gasteiger partial charge in [0.15, 0.2) is 5.65 Å². The average molecular weight is 753 g/mol. The molecule has 5 aromatic rings. The number of nitrogens with one attached hydrogen (secondary N) is 2. The molecule has 1 fully saturated rings. The highest BCUT2D eigenvalue weighted by molar-refractivity contribution is 5.89. The molecule has 0 radical (unpaired) electrons. The summed E-state index contributed by atoms with van der Waals surface area (Å²) in [4.78, 5) is 30.9. The van der Waals surface area contributed by atoms with Gasteiger partial charge in [-0.2, -0.15) is 5.10 Å². The van der Waals surface area contributed by atoms with E-state index in [1.807, 2.05) is 61.1 Å². The predicted octanol–water partition coefficient (Wildman–Crippen LogP) is 6.40. The van der Waals surface area contributed by atoms with Crippen LogP contribution in [0.5, 0.6) is 11.5 Å². The molecule has 15 heteroatoms. The predicted molar refractivity (Wildman–Crippen MR) is 210 cm³/mol. The van der Waals surface area contributed by atoms with Gasteiger partial charge in [0.05, 0.1) is 36.0 Å². The summed E-state index contributed by atoms with van der Waals surface area (Å²) in [7, 11) is 4.01. The van der Waals surface area contributed by atoms with E-state index in [1.165, 1.54) is 6.42 Å². The third-order valence-corrected chi connectivity index (χ3v) is 9.91. The van der Waals surface area contributed by atoms with Gasteiger partial charge in [0.2, 0.25) is 5.95 Å². The number of carbonyl (C=O) groups is 2. The van der Waals surface area contributed by atoms with Crippen LogP contribution >= 0.6 is 0 Å². The molecule has 1 aliphatic carbocycles. The fourth-order valence-electron chi connectivity index (χ4n) is 7.00. The first-order valence-electron chi connectivity index (χ1n) is 18.8. The number of likely N-dealkylation sites (N-methyl/N-ethyl adjacent to an activating group) is 1. The van der Waals surface area contributed by atoms with Crippen LogP contribution in [-0.4, -0.2) is 91.7 Å². The zero-order valence-corrected chi connectivity index (χ0v) is 32.5. The number of urea groups is 1. The third kappa shape index (κ3) is 9.34. The van der Waals surface area contributed by atoms with Crippen LogP contribution in [0.4, 0.5) is 16.6 Å². The number of amides is 2. The third-order valence-electron chi connectivity index (χ3n) is 9.91. The van der Waals surface area contributed by atoms with Gasteiger partial charge in [0, 0.05) is 36.7 Å². The Bertz CT molecular complexity index is 2070. The molecule has 0 bridgehead atoms. The molecular weight excluding hydrogens is 701 g/mol. The summed E-state index contributed by atoms with van der Waals surface area (Å²) in [6.45, 7) is 10.6. The van der Waals surface area contributed by atoms with Crippen LogP contribution in [0.2, 0.25) is 0 Å². The van der Waals surface area contributed by atoms with Crippen molar-refractivity contribution in [2.75, 3.05) is 44.0 Å². The lowest BCUT2D eigenvalue weighted by molar-refractivity contribution is -0.122. The van der Waals surface area contributed by atoms with Crippen LogP contribution in [0.25, 0.3) is 11.3 Å². The maximum atomic E-state index is 13.7. The van der Waals surface area contributed by atoms with Crippen LogP contribution in [0, 0.1) is 0 Å². The molecule has 15 nitrogen and oxygen atoms in total. The Balaban J connectivity index is 0.00000166. The summed E-state index contributed by atoms with van der Waals surface area (Å²) < 4.78 is 16.4. The lowest BCUT2D eigenvalue weighted by Crippen LogP contribution is -2.38. The van der Waals surface area contributed by atoms with Gasteiger partial charge in [0.25, 0.3) is 6.47 Å². The Hall–Kier alpha value is -5.70. The number of hydrogen-bond donors (Lipinski definition) is 3. The number of piperidine rings is 1. The van der Waals surface area contributed by atoms with E-state index in [1.54, 1.807) is 17.1 Å². The molecule has 292 valence electrons. The Morgan fingerprint density at radius 1 is 1.02 bits per heavy atom. The van der Waals surface area contributed by atoms with Crippen molar-refractivity contribution < 1.29 is 24.2 Å².